The fourth-order valence-corrected chi connectivity index (χ4v) is 1.89. The highest BCUT2D eigenvalue weighted by atomic mass is 16.3. The van der Waals surface area contributed by atoms with Crippen LogP contribution in [0, 0.1) is 11.3 Å². The van der Waals surface area contributed by atoms with Gasteiger partial charge in [0, 0.05) is 24.0 Å². The molecule has 0 aliphatic carbocycles. The Kier molecular flexibility index (Phi) is 3.61. The summed E-state index contributed by atoms with van der Waals surface area (Å²) in [5, 5.41) is 18.2. The normalized spacial score (nSPS) is 9.83. The lowest BCUT2D eigenvalue weighted by Gasteiger charge is -2.22. The fraction of sp³-hybridized carbons (Fsp3) is 0.133. The summed E-state index contributed by atoms with van der Waals surface area (Å²) in [6.07, 6.45) is 0. The number of aliphatic hydroxyl groups is 1. The number of para-hydroxylation sites is 1. The molecule has 2 aromatic carbocycles. The molecule has 0 heterocycles. The van der Waals surface area contributed by atoms with E-state index < -0.39 is 0 Å². The van der Waals surface area contributed by atoms with Crippen LogP contribution < -0.4 is 4.90 Å². The van der Waals surface area contributed by atoms with E-state index in [0.717, 1.165) is 16.9 Å². The molecule has 0 atom stereocenters. The maximum atomic E-state index is 9.34. The van der Waals surface area contributed by atoms with Crippen LogP contribution >= 0.6 is 0 Å². The summed E-state index contributed by atoms with van der Waals surface area (Å²) in [5.41, 5.74) is 3.35. The highest BCUT2D eigenvalue weighted by Crippen LogP contribution is 2.27. The average molecular weight is 238 g/mol. The predicted octanol–water partition coefficient (Wildman–Crippen LogP) is 2.82. The van der Waals surface area contributed by atoms with Crippen LogP contribution in [0.15, 0.2) is 48.5 Å². The minimum absolute atomic E-state index is 0.00153. The van der Waals surface area contributed by atoms with Crippen LogP contribution in [0.1, 0.15) is 11.1 Å². The number of nitrogens with zero attached hydrogens (tertiary/aromatic N) is 2. The topological polar surface area (TPSA) is 47.3 Å². The standard InChI is InChI=1S/C15H14N2O/c1-17(14-7-4-5-12(9-14)10-16)15-8-3-2-6-13(15)11-18/h2-9,18H,11H2,1H3. The monoisotopic (exact) mass is 238 g/mol. The second-order valence-electron chi connectivity index (χ2n) is 4.01. The fourth-order valence-electron chi connectivity index (χ4n) is 1.89. The first-order valence-electron chi connectivity index (χ1n) is 5.69. The molecule has 0 saturated heterocycles. The number of rotatable bonds is 3. The molecule has 0 saturated carbocycles. The molecular weight excluding hydrogens is 224 g/mol. The zero-order chi connectivity index (χ0) is 13.0. The minimum Gasteiger partial charge on any atom is -0.392 e. The molecule has 2 rings (SSSR count). The highest BCUT2D eigenvalue weighted by molar-refractivity contribution is 5.66. The van der Waals surface area contributed by atoms with E-state index in [1.54, 1.807) is 6.07 Å². The van der Waals surface area contributed by atoms with Crippen molar-refractivity contribution in [3.63, 3.8) is 0 Å². The van der Waals surface area contributed by atoms with Crippen molar-refractivity contribution in [3.8, 4) is 6.07 Å². The zero-order valence-electron chi connectivity index (χ0n) is 10.2. The summed E-state index contributed by atoms with van der Waals surface area (Å²) in [4.78, 5) is 1.96. The Hall–Kier alpha value is -2.31. The van der Waals surface area contributed by atoms with Crippen molar-refractivity contribution in [2.75, 3.05) is 11.9 Å². The maximum Gasteiger partial charge on any atom is 0.0992 e. The lowest BCUT2D eigenvalue weighted by Crippen LogP contribution is -2.11. The second-order valence-corrected chi connectivity index (χ2v) is 4.01. The van der Waals surface area contributed by atoms with Gasteiger partial charge in [0.15, 0.2) is 0 Å². The van der Waals surface area contributed by atoms with E-state index in [2.05, 4.69) is 6.07 Å². The van der Waals surface area contributed by atoms with E-state index in [1.807, 2.05) is 54.4 Å². The predicted molar refractivity (Wildman–Crippen MR) is 71.6 cm³/mol. The van der Waals surface area contributed by atoms with Gasteiger partial charge in [0.05, 0.1) is 18.2 Å². The van der Waals surface area contributed by atoms with Gasteiger partial charge in [0.1, 0.15) is 0 Å². The third kappa shape index (κ3) is 2.34. The van der Waals surface area contributed by atoms with E-state index >= 15 is 0 Å². The van der Waals surface area contributed by atoms with Crippen LogP contribution in [-0.4, -0.2) is 12.2 Å². The molecule has 1 N–H and O–H groups in total. The van der Waals surface area contributed by atoms with Gasteiger partial charge in [-0.1, -0.05) is 24.3 Å². The number of benzene rings is 2. The summed E-state index contributed by atoms with van der Waals surface area (Å²) >= 11 is 0. The molecule has 0 bridgehead atoms. The summed E-state index contributed by atoms with van der Waals surface area (Å²) in [6.45, 7) is -0.00153. The molecule has 0 spiro atoms. The van der Waals surface area contributed by atoms with Crippen molar-refractivity contribution in [3.05, 3.63) is 59.7 Å². The number of hydrogen-bond acceptors (Lipinski definition) is 3. The van der Waals surface area contributed by atoms with Gasteiger partial charge in [0.2, 0.25) is 0 Å². The van der Waals surface area contributed by atoms with Gasteiger partial charge >= 0.3 is 0 Å². The van der Waals surface area contributed by atoms with Gasteiger partial charge in [-0.2, -0.15) is 5.26 Å². The van der Waals surface area contributed by atoms with Gasteiger partial charge in [-0.25, -0.2) is 0 Å². The van der Waals surface area contributed by atoms with Gasteiger partial charge < -0.3 is 10.0 Å². The van der Waals surface area contributed by atoms with Crippen LogP contribution in [-0.2, 0) is 6.61 Å². The van der Waals surface area contributed by atoms with E-state index in [-0.39, 0.29) is 6.61 Å². The Bertz CT molecular complexity index is 587. The van der Waals surface area contributed by atoms with Crippen LogP contribution in [0.2, 0.25) is 0 Å². The van der Waals surface area contributed by atoms with E-state index in [9.17, 15) is 5.11 Å². The Morgan fingerprint density at radius 1 is 1.17 bits per heavy atom. The molecule has 90 valence electrons. The molecule has 0 aliphatic heterocycles. The molecule has 0 aromatic heterocycles. The third-order valence-corrected chi connectivity index (χ3v) is 2.89. The first-order valence-corrected chi connectivity index (χ1v) is 5.69. The van der Waals surface area contributed by atoms with Gasteiger partial charge in [-0.05, 0) is 24.3 Å². The lowest BCUT2D eigenvalue weighted by atomic mass is 10.1. The van der Waals surface area contributed by atoms with E-state index in [1.165, 1.54) is 0 Å². The largest absolute Gasteiger partial charge is 0.392 e. The quantitative estimate of drug-likeness (QED) is 0.894. The molecule has 0 aliphatic rings. The summed E-state index contributed by atoms with van der Waals surface area (Å²) in [7, 11) is 1.92. The number of aliphatic hydroxyl groups excluding tert-OH is 1. The Balaban J connectivity index is 2.41. The highest BCUT2D eigenvalue weighted by Gasteiger charge is 2.08. The summed E-state index contributed by atoms with van der Waals surface area (Å²) < 4.78 is 0. The van der Waals surface area contributed by atoms with Gasteiger partial charge in [-0.15, -0.1) is 0 Å². The molecule has 0 radical (unpaired) electrons. The number of nitriles is 1. The average Bonchev–Trinajstić information content (AvgIpc) is 2.46. The summed E-state index contributed by atoms with van der Waals surface area (Å²) in [5.74, 6) is 0. The van der Waals surface area contributed by atoms with Crippen LogP contribution in [0.25, 0.3) is 0 Å². The van der Waals surface area contributed by atoms with Crippen LogP contribution in [0.4, 0.5) is 11.4 Å². The smallest absolute Gasteiger partial charge is 0.0992 e. The molecule has 3 nitrogen and oxygen atoms in total. The molecule has 2 aromatic rings. The van der Waals surface area contributed by atoms with E-state index in [4.69, 9.17) is 5.26 Å². The van der Waals surface area contributed by atoms with E-state index in [0.29, 0.717) is 5.56 Å². The maximum absolute atomic E-state index is 9.34. The first kappa shape index (κ1) is 12.2. The third-order valence-electron chi connectivity index (χ3n) is 2.89. The molecule has 0 amide bonds. The SMILES string of the molecule is CN(c1cccc(C#N)c1)c1ccccc1CO. The lowest BCUT2D eigenvalue weighted by molar-refractivity contribution is 0.282. The van der Waals surface area contributed by atoms with Crippen molar-refractivity contribution in [2.24, 2.45) is 0 Å². The van der Waals surface area contributed by atoms with Crippen molar-refractivity contribution in [1.82, 2.24) is 0 Å². The Morgan fingerprint density at radius 3 is 2.67 bits per heavy atom. The summed E-state index contributed by atoms with van der Waals surface area (Å²) in [6, 6.07) is 17.2. The van der Waals surface area contributed by atoms with Crippen LogP contribution in [0.3, 0.4) is 0 Å². The molecule has 3 heteroatoms. The van der Waals surface area contributed by atoms with Crippen molar-refractivity contribution in [2.45, 2.75) is 6.61 Å². The Labute approximate surface area is 107 Å². The van der Waals surface area contributed by atoms with Gasteiger partial charge in [0.25, 0.3) is 0 Å². The molecule has 18 heavy (non-hydrogen) atoms. The minimum atomic E-state index is -0.00153. The van der Waals surface area contributed by atoms with Gasteiger partial charge in [-0.3, -0.25) is 0 Å². The first-order chi connectivity index (χ1) is 8.76. The Morgan fingerprint density at radius 2 is 1.94 bits per heavy atom. The number of hydrogen-bond donors (Lipinski definition) is 1. The van der Waals surface area contributed by atoms with Crippen LogP contribution in [0.5, 0.6) is 0 Å². The molecular formula is C15H14N2O. The van der Waals surface area contributed by atoms with Crippen molar-refractivity contribution in [1.29, 1.82) is 5.26 Å². The van der Waals surface area contributed by atoms with Crippen molar-refractivity contribution < 1.29 is 5.11 Å². The second kappa shape index (κ2) is 5.35. The number of anilines is 2. The zero-order valence-corrected chi connectivity index (χ0v) is 10.2. The molecule has 0 fully saturated rings. The van der Waals surface area contributed by atoms with Crippen molar-refractivity contribution >= 4 is 11.4 Å². The molecule has 0 unspecified atom stereocenters.